The van der Waals surface area contributed by atoms with Gasteiger partial charge in [0.15, 0.2) is 5.82 Å². The number of H-pyrrole nitrogens is 1. The fourth-order valence-electron chi connectivity index (χ4n) is 3.29. The van der Waals surface area contributed by atoms with Crippen LogP contribution in [0.15, 0.2) is 47.6 Å². The predicted molar refractivity (Wildman–Crippen MR) is 111 cm³/mol. The molecule has 0 atom stereocenters. The molecule has 1 aromatic carbocycles. The highest BCUT2D eigenvalue weighted by molar-refractivity contribution is 6.20. The first-order valence-electron chi connectivity index (χ1n) is 8.10. The summed E-state index contributed by atoms with van der Waals surface area (Å²) in [6.45, 7) is 1.57. The molecule has 0 radical (unpaired) electrons. The lowest BCUT2D eigenvalue weighted by Crippen LogP contribution is -2.15. The third kappa shape index (κ3) is 3.29. The van der Waals surface area contributed by atoms with Crippen LogP contribution < -0.4 is 4.90 Å². The second-order valence-electron chi connectivity index (χ2n) is 6.15. The normalized spacial score (nSPS) is 15.3. The van der Waals surface area contributed by atoms with E-state index in [9.17, 15) is 5.11 Å². The van der Waals surface area contributed by atoms with Gasteiger partial charge < -0.3 is 15.0 Å². The van der Waals surface area contributed by atoms with Gasteiger partial charge in [-0.2, -0.15) is 4.98 Å². The van der Waals surface area contributed by atoms with Crippen molar-refractivity contribution in [1.29, 1.82) is 0 Å². The number of hydrogen-bond donors (Lipinski definition) is 2. The number of aromatic amines is 1. The lowest BCUT2D eigenvalue weighted by atomic mass is 10.1. The van der Waals surface area contributed by atoms with Gasteiger partial charge in [0, 0.05) is 36.6 Å². The van der Waals surface area contributed by atoms with Crippen LogP contribution in [0.5, 0.6) is 5.88 Å². The Labute approximate surface area is 168 Å². The first kappa shape index (κ1) is 18.9. The summed E-state index contributed by atoms with van der Waals surface area (Å²) in [6, 6.07) is 12.2. The number of pyridine rings is 1. The molecule has 5 rings (SSSR count). The number of hydrogen-bond acceptors (Lipinski definition) is 5. The Kier molecular flexibility index (Phi) is 5.21. The maximum atomic E-state index is 10.2. The van der Waals surface area contributed by atoms with Gasteiger partial charge in [-0.3, -0.25) is 0 Å². The van der Waals surface area contributed by atoms with Crippen molar-refractivity contribution in [3.05, 3.63) is 65.0 Å². The molecule has 138 valence electrons. The van der Waals surface area contributed by atoms with Gasteiger partial charge >= 0.3 is 0 Å². The van der Waals surface area contributed by atoms with E-state index in [1.165, 1.54) is 11.1 Å². The Morgan fingerprint density at radius 1 is 1.04 bits per heavy atom. The molecular weight excluding hydrogens is 385 g/mol. The van der Waals surface area contributed by atoms with Crippen LogP contribution >= 0.6 is 24.8 Å². The first-order valence-corrected chi connectivity index (χ1v) is 8.10. The number of benzene rings is 1. The molecule has 4 heterocycles. The van der Waals surface area contributed by atoms with Crippen molar-refractivity contribution >= 4 is 54.4 Å². The number of anilines is 1. The molecule has 0 amide bonds. The number of aromatic nitrogens is 3. The quantitative estimate of drug-likeness (QED) is 0.676. The molecule has 0 saturated carbocycles. The van der Waals surface area contributed by atoms with Gasteiger partial charge in [0.05, 0.1) is 0 Å². The Hall–Kier alpha value is -2.83. The van der Waals surface area contributed by atoms with Gasteiger partial charge in [0.25, 0.3) is 0 Å². The summed E-state index contributed by atoms with van der Waals surface area (Å²) in [6.07, 6.45) is 5.32. The van der Waals surface area contributed by atoms with Crippen molar-refractivity contribution in [3.63, 3.8) is 0 Å². The van der Waals surface area contributed by atoms with Crippen LogP contribution in [0, 0.1) is 0 Å². The Morgan fingerprint density at radius 3 is 2.52 bits per heavy atom. The number of allylic oxidation sites excluding steroid dienone is 1. The van der Waals surface area contributed by atoms with E-state index in [-0.39, 0.29) is 30.7 Å². The fraction of sp³-hybridized carbons (Fsp3) is 0.105. The van der Waals surface area contributed by atoms with Crippen LogP contribution in [0.4, 0.5) is 11.8 Å². The molecule has 2 aliphatic rings. The minimum atomic E-state index is -0.0100. The van der Waals surface area contributed by atoms with E-state index < -0.39 is 0 Å². The zero-order valence-corrected chi connectivity index (χ0v) is 15.8. The van der Waals surface area contributed by atoms with Crippen LogP contribution in [0.1, 0.15) is 22.4 Å². The molecule has 2 aliphatic heterocycles. The highest BCUT2D eigenvalue weighted by atomic mass is 35.5. The van der Waals surface area contributed by atoms with Crippen molar-refractivity contribution in [2.24, 2.45) is 4.99 Å². The van der Waals surface area contributed by atoms with Crippen LogP contribution in [0.3, 0.4) is 0 Å². The number of halogens is 2. The molecule has 2 aromatic heterocycles. The predicted octanol–water partition coefficient (Wildman–Crippen LogP) is 4.13. The Bertz CT molecular complexity index is 1020. The molecule has 0 spiro atoms. The van der Waals surface area contributed by atoms with Crippen LogP contribution in [0.2, 0.25) is 0 Å². The van der Waals surface area contributed by atoms with Gasteiger partial charge in [0.1, 0.15) is 5.69 Å². The van der Waals surface area contributed by atoms with Crippen LogP contribution in [0.25, 0.3) is 11.6 Å². The van der Waals surface area contributed by atoms with E-state index in [1.807, 2.05) is 30.3 Å². The van der Waals surface area contributed by atoms with Crippen molar-refractivity contribution in [3.8, 4) is 5.88 Å². The number of imidazole rings is 1. The zero-order chi connectivity index (χ0) is 16.8. The fourth-order valence-corrected chi connectivity index (χ4v) is 3.29. The molecule has 2 N–H and O–H groups in total. The van der Waals surface area contributed by atoms with Crippen LogP contribution in [-0.2, 0) is 13.1 Å². The van der Waals surface area contributed by atoms with E-state index in [0.717, 1.165) is 24.2 Å². The largest absolute Gasteiger partial charge is 0.492 e. The highest BCUT2D eigenvalue weighted by Crippen LogP contribution is 2.33. The summed E-state index contributed by atoms with van der Waals surface area (Å²) in [5, 5.41) is 10.2. The smallest absolute Gasteiger partial charge is 0.238 e. The lowest BCUT2D eigenvalue weighted by molar-refractivity contribution is 0.455. The molecule has 0 unspecified atom stereocenters. The third-order valence-electron chi connectivity index (χ3n) is 4.56. The number of nitrogens with zero attached hydrogens (tertiary/aromatic N) is 4. The van der Waals surface area contributed by atoms with Crippen LogP contribution in [-0.4, -0.2) is 26.3 Å². The van der Waals surface area contributed by atoms with E-state index in [4.69, 9.17) is 0 Å². The first-order chi connectivity index (χ1) is 12.3. The van der Waals surface area contributed by atoms with Crippen molar-refractivity contribution in [1.82, 2.24) is 15.0 Å². The molecule has 0 bridgehead atoms. The maximum Gasteiger partial charge on any atom is 0.238 e. The number of rotatable bonds is 2. The number of fused-ring (bicyclic) bond motifs is 2. The number of nitrogens with one attached hydrogen (secondary N) is 1. The molecule has 0 aliphatic carbocycles. The van der Waals surface area contributed by atoms with E-state index in [0.29, 0.717) is 17.5 Å². The summed E-state index contributed by atoms with van der Waals surface area (Å²) in [4.78, 5) is 18.1. The third-order valence-corrected chi connectivity index (χ3v) is 4.56. The molecule has 0 saturated heterocycles. The summed E-state index contributed by atoms with van der Waals surface area (Å²) >= 11 is 0. The second kappa shape index (κ2) is 7.42. The molecule has 6 nitrogen and oxygen atoms in total. The average Bonchev–Trinajstić information content (AvgIpc) is 3.33. The minimum Gasteiger partial charge on any atom is -0.492 e. The zero-order valence-electron chi connectivity index (χ0n) is 14.2. The van der Waals surface area contributed by atoms with Gasteiger partial charge in [-0.15, -0.1) is 24.8 Å². The molecule has 27 heavy (non-hydrogen) atoms. The summed E-state index contributed by atoms with van der Waals surface area (Å²) in [7, 11) is 0. The van der Waals surface area contributed by atoms with Gasteiger partial charge in [-0.25, -0.2) is 9.98 Å². The van der Waals surface area contributed by atoms with E-state index in [2.05, 4.69) is 37.0 Å². The minimum absolute atomic E-state index is 0. The van der Waals surface area contributed by atoms with Crippen molar-refractivity contribution in [2.75, 3.05) is 4.90 Å². The van der Waals surface area contributed by atoms with E-state index >= 15 is 0 Å². The maximum absolute atomic E-state index is 10.2. The van der Waals surface area contributed by atoms with Gasteiger partial charge in [-0.1, -0.05) is 24.3 Å². The lowest BCUT2D eigenvalue weighted by Gasteiger charge is -2.12. The molecule has 0 fully saturated rings. The second-order valence-corrected chi connectivity index (χ2v) is 6.15. The summed E-state index contributed by atoms with van der Waals surface area (Å²) in [5.41, 5.74) is 5.01. The Morgan fingerprint density at radius 2 is 1.78 bits per heavy atom. The van der Waals surface area contributed by atoms with Crippen molar-refractivity contribution in [2.45, 2.75) is 13.1 Å². The number of aliphatic imine (C=N–C) groups is 1. The molecule has 8 heteroatoms. The molecular formula is C19H17Cl2N5O. The monoisotopic (exact) mass is 401 g/mol. The molecule has 3 aromatic rings. The topological polar surface area (TPSA) is 77.4 Å². The summed E-state index contributed by atoms with van der Waals surface area (Å²) in [5.74, 6) is 1.36. The Balaban J connectivity index is 0.00000105. The summed E-state index contributed by atoms with van der Waals surface area (Å²) < 4.78 is 0. The SMILES string of the molecule is Cl.Cl.Oc1nc(N2Cc3ccccc3C2)[nH]c1C=C1C=Nc2ncccc21. The average molecular weight is 402 g/mol. The van der Waals surface area contributed by atoms with E-state index in [1.54, 1.807) is 12.4 Å². The highest BCUT2D eigenvalue weighted by Gasteiger charge is 2.22. The number of aromatic hydroxyl groups is 1. The standard InChI is InChI=1S/C19H15N5O.2ClH/c25-18-16(8-14-9-21-17-15(14)6-3-7-20-17)22-19(23-18)24-10-12-4-1-2-5-13(12)11-24;;/h1-9,25H,10-11H2,(H,22,23);2*1H. The van der Waals surface area contributed by atoms with Gasteiger partial charge in [0.2, 0.25) is 11.8 Å². The van der Waals surface area contributed by atoms with Crippen molar-refractivity contribution < 1.29 is 5.11 Å². The van der Waals surface area contributed by atoms with Gasteiger partial charge in [-0.05, 0) is 29.3 Å².